The lowest BCUT2D eigenvalue weighted by atomic mass is 10.3. The van der Waals surface area contributed by atoms with Gasteiger partial charge >= 0.3 is 0 Å². The molecule has 0 aliphatic heterocycles. The van der Waals surface area contributed by atoms with E-state index in [1.807, 2.05) is 79.7 Å². The van der Waals surface area contributed by atoms with E-state index in [0.29, 0.717) is 18.3 Å². The van der Waals surface area contributed by atoms with Crippen LogP contribution in [0.25, 0.3) is 0 Å². The van der Waals surface area contributed by atoms with E-state index in [9.17, 15) is 0 Å². The number of rotatable bonds is 7. The Labute approximate surface area is 163 Å². The number of anilines is 3. The summed E-state index contributed by atoms with van der Waals surface area (Å²) in [5, 5.41) is 6.47. The van der Waals surface area contributed by atoms with Crippen LogP contribution in [0.2, 0.25) is 0 Å². The van der Waals surface area contributed by atoms with Crippen LogP contribution in [0.5, 0.6) is 11.5 Å². The normalized spacial score (nSPS) is 10.5. The van der Waals surface area contributed by atoms with Gasteiger partial charge in [0.2, 0.25) is 5.95 Å². The fourth-order valence-corrected chi connectivity index (χ4v) is 2.67. The lowest BCUT2D eigenvalue weighted by Crippen LogP contribution is -2.05. The number of furan rings is 1. The lowest BCUT2D eigenvalue weighted by Gasteiger charge is -2.10. The van der Waals surface area contributed by atoms with Gasteiger partial charge in [0.25, 0.3) is 0 Å². The van der Waals surface area contributed by atoms with Gasteiger partial charge in [-0.1, -0.05) is 18.2 Å². The summed E-state index contributed by atoms with van der Waals surface area (Å²) in [5.74, 6) is 3.67. The molecule has 6 nitrogen and oxygen atoms in total. The van der Waals surface area contributed by atoms with Gasteiger partial charge in [-0.05, 0) is 55.5 Å². The third-order valence-electron chi connectivity index (χ3n) is 3.96. The average Bonchev–Trinajstić information content (AvgIpc) is 3.22. The second kappa shape index (κ2) is 8.26. The van der Waals surface area contributed by atoms with Crippen molar-refractivity contribution in [3.63, 3.8) is 0 Å². The summed E-state index contributed by atoms with van der Waals surface area (Å²) in [4.78, 5) is 8.92. The largest absolute Gasteiger partial charge is 0.467 e. The molecule has 0 aliphatic carbocycles. The van der Waals surface area contributed by atoms with Crippen LogP contribution < -0.4 is 15.4 Å². The Morgan fingerprint density at radius 2 is 1.68 bits per heavy atom. The van der Waals surface area contributed by atoms with Gasteiger partial charge in [-0.25, -0.2) is 4.98 Å². The third-order valence-corrected chi connectivity index (χ3v) is 3.96. The number of benzene rings is 2. The van der Waals surface area contributed by atoms with Crippen molar-refractivity contribution in [2.45, 2.75) is 13.5 Å². The van der Waals surface area contributed by atoms with E-state index < -0.39 is 0 Å². The first-order valence-corrected chi connectivity index (χ1v) is 8.96. The van der Waals surface area contributed by atoms with Gasteiger partial charge < -0.3 is 19.8 Å². The van der Waals surface area contributed by atoms with E-state index in [-0.39, 0.29) is 0 Å². The number of hydrogen-bond donors (Lipinski definition) is 2. The Hall–Kier alpha value is -3.80. The van der Waals surface area contributed by atoms with Crippen LogP contribution in [0.15, 0.2) is 83.5 Å². The fourth-order valence-electron chi connectivity index (χ4n) is 2.67. The number of aromatic nitrogens is 2. The molecule has 28 heavy (non-hydrogen) atoms. The van der Waals surface area contributed by atoms with Gasteiger partial charge in [-0.2, -0.15) is 4.98 Å². The number of para-hydroxylation sites is 1. The molecule has 0 unspecified atom stereocenters. The molecule has 2 aromatic carbocycles. The van der Waals surface area contributed by atoms with Crippen LogP contribution >= 0.6 is 0 Å². The summed E-state index contributed by atoms with van der Waals surface area (Å²) >= 11 is 0. The molecule has 2 aromatic heterocycles. The third kappa shape index (κ3) is 4.67. The molecule has 0 aliphatic rings. The molecule has 140 valence electrons. The number of ether oxygens (including phenoxy) is 1. The van der Waals surface area contributed by atoms with Crippen molar-refractivity contribution >= 4 is 17.5 Å². The average molecular weight is 372 g/mol. The maximum atomic E-state index is 5.82. The first kappa shape index (κ1) is 17.6. The molecule has 4 rings (SSSR count). The maximum absolute atomic E-state index is 5.82. The van der Waals surface area contributed by atoms with Crippen molar-refractivity contribution in [1.29, 1.82) is 0 Å². The molecule has 0 saturated carbocycles. The first-order valence-electron chi connectivity index (χ1n) is 8.96. The highest BCUT2D eigenvalue weighted by molar-refractivity contribution is 5.58. The van der Waals surface area contributed by atoms with E-state index in [4.69, 9.17) is 9.15 Å². The molecule has 0 bridgehead atoms. The van der Waals surface area contributed by atoms with Crippen LogP contribution in [0.1, 0.15) is 11.5 Å². The first-order chi connectivity index (χ1) is 13.7. The van der Waals surface area contributed by atoms with Crippen LogP contribution in [0.3, 0.4) is 0 Å². The summed E-state index contributed by atoms with van der Waals surface area (Å²) in [6, 6.07) is 23.1. The van der Waals surface area contributed by atoms with Crippen molar-refractivity contribution < 1.29 is 9.15 Å². The van der Waals surface area contributed by atoms with Crippen molar-refractivity contribution in [2.24, 2.45) is 0 Å². The molecular formula is C22H20N4O2. The molecule has 0 atom stereocenters. The van der Waals surface area contributed by atoms with Gasteiger partial charge in [0.1, 0.15) is 23.1 Å². The van der Waals surface area contributed by atoms with Gasteiger partial charge in [-0.3, -0.25) is 0 Å². The Balaban J connectivity index is 1.41. The molecule has 4 aromatic rings. The van der Waals surface area contributed by atoms with Crippen molar-refractivity contribution in [3.05, 3.63) is 90.5 Å². The number of aryl methyl sites for hydroxylation is 1. The van der Waals surface area contributed by atoms with E-state index in [0.717, 1.165) is 28.6 Å². The summed E-state index contributed by atoms with van der Waals surface area (Å²) < 4.78 is 11.1. The predicted octanol–water partition coefficient (Wildman–Crippen LogP) is 5.53. The summed E-state index contributed by atoms with van der Waals surface area (Å²) in [6.07, 6.45) is 1.65. The highest BCUT2D eigenvalue weighted by Gasteiger charge is 2.05. The highest BCUT2D eigenvalue weighted by atomic mass is 16.5. The Morgan fingerprint density at radius 1 is 0.893 bits per heavy atom. The highest BCUT2D eigenvalue weighted by Crippen LogP contribution is 2.24. The molecule has 0 amide bonds. The molecule has 0 fully saturated rings. The smallest absolute Gasteiger partial charge is 0.225 e. The number of nitrogens with one attached hydrogen (secondary N) is 2. The second-order valence-electron chi connectivity index (χ2n) is 6.22. The van der Waals surface area contributed by atoms with Gasteiger partial charge in [0.05, 0.1) is 12.8 Å². The maximum Gasteiger partial charge on any atom is 0.225 e. The predicted molar refractivity (Wildman–Crippen MR) is 109 cm³/mol. The standard InChI is InChI=1S/C22H20N4O2/c1-16-14-21(26-22(24-16)23-15-20-8-5-13-27-20)25-17-9-11-19(12-10-17)28-18-6-3-2-4-7-18/h2-14H,15H2,1H3,(H2,23,24,25,26). The Kier molecular flexibility index (Phi) is 5.20. The molecule has 0 radical (unpaired) electrons. The van der Waals surface area contributed by atoms with Gasteiger partial charge in [0.15, 0.2) is 0 Å². The second-order valence-corrected chi connectivity index (χ2v) is 6.22. The quantitative estimate of drug-likeness (QED) is 0.445. The van der Waals surface area contributed by atoms with Crippen LogP contribution in [0, 0.1) is 6.92 Å². The van der Waals surface area contributed by atoms with Crippen molar-refractivity contribution in [1.82, 2.24) is 9.97 Å². The zero-order valence-corrected chi connectivity index (χ0v) is 15.4. The SMILES string of the molecule is Cc1cc(Nc2ccc(Oc3ccccc3)cc2)nc(NCc2ccco2)n1. The van der Waals surface area contributed by atoms with Crippen LogP contribution in [0.4, 0.5) is 17.5 Å². The van der Waals surface area contributed by atoms with E-state index in [1.54, 1.807) is 6.26 Å². The topological polar surface area (TPSA) is 72.2 Å². The minimum Gasteiger partial charge on any atom is -0.467 e. The Morgan fingerprint density at radius 3 is 2.43 bits per heavy atom. The molecule has 6 heteroatoms. The molecule has 0 saturated heterocycles. The van der Waals surface area contributed by atoms with E-state index >= 15 is 0 Å². The van der Waals surface area contributed by atoms with Crippen LogP contribution in [-0.2, 0) is 6.54 Å². The summed E-state index contributed by atoms with van der Waals surface area (Å²) in [7, 11) is 0. The number of nitrogens with zero attached hydrogens (tertiary/aromatic N) is 2. The fraction of sp³-hybridized carbons (Fsp3) is 0.0909. The molecule has 2 N–H and O–H groups in total. The molecule has 2 heterocycles. The molecular weight excluding hydrogens is 352 g/mol. The molecule has 0 spiro atoms. The minimum absolute atomic E-state index is 0.529. The van der Waals surface area contributed by atoms with Gasteiger partial charge in [-0.15, -0.1) is 0 Å². The summed E-state index contributed by atoms with van der Waals surface area (Å²) in [6.45, 7) is 2.46. The van der Waals surface area contributed by atoms with E-state index in [1.165, 1.54) is 0 Å². The summed E-state index contributed by atoms with van der Waals surface area (Å²) in [5.41, 5.74) is 1.78. The van der Waals surface area contributed by atoms with Gasteiger partial charge in [0, 0.05) is 17.4 Å². The Bertz CT molecular complexity index is 1020. The van der Waals surface area contributed by atoms with Crippen molar-refractivity contribution in [3.8, 4) is 11.5 Å². The minimum atomic E-state index is 0.529. The van der Waals surface area contributed by atoms with Crippen LogP contribution in [-0.4, -0.2) is 9.97 Å². The lowest BCUT2D eigenvalue weighted by molar-refractivity contribution is 0.483. The number of hydrogen-bond acceptors (Lipinski definition) is 6. The monoisotopic (exact) mass is 372 g/mol. The van der Waals surface area contributed by atoms with E-state index in [2.05, 4.69) is 20.6 Å². The zero-order chi connectivity index (χ0) is 19.2. The zero-order valence-electron chi connectivity index (χ0n) is 15.4. The van der Waals surface area contributed by atoms with Crippen molar-refractivity contribution in [2.75, 3.05) is 10.6 Å².